The number of halogens is 1. The maximum atomic E-state index is 13.4. The lowest BCUT2D eigenvalue weighted by Gasteiger charge is -2.50. The van der Waals surface area contributed by atoms with Gasteiger partial charge in [-0.3, -0.25) is 24.2 Å². The van der Waals surface area contributed by atoms with Crippen molar-refractivity contribution in [2.75, 3.05) is 30.9 Å². The fourth-order valence-corrected chi connectivity index (χ4v) is 5.40. The smallest absolute Gasteiger partial charge is 0.332 e. The molecule has 2 aromatic carbocycles. The number of hydrogen-bond donors (Lipinski definition) is 1. The zero-order valence-electron chi connectivity index (χ0n) is 18.3. The molecule has 1 atom stereocenters. The van der Waals surface area contributed by atoms with Crippen molar-refractivity contribution in [3.8, 4) is 0 Å². The van der Waals surface area contributed by atoms with Crippen LogP contribution in [0.15, 0.2) is 42.5 Å². The van der Waals surface area contributed by atoms with Crippen molar-refractivity contribution in [2.24, 2.45) is 5.41 Å². The minimum atomic E-state index is -1.39. The molecule has 0 radical (unpaired) electrons. The van der Waals surface area contributed by atoms with E-state index in [0.29, 0.717) is 24.2 Å². The Morgan fingerprint density at radius 2 is 1.70 bits per heavy atom. The number of nitrogens with zero attached hydrogens (tertiary/aromatic N) is 3. The van der Waals surface area contributed by atoms with E-state index in [1.54, 1.807) is 12.1 Å². The van der Waals surface area contributed by atoms with Crippen molar-refractivity contribution < 1.29 is 23.6 Å². The Hall–Kier alpha value is -3.75. The summed E-state index contributed by atoms with van der Waals surface area (Å²) < 4.78 is 13.2. The van der Waals surface area contributed by atoms with E-state index in [0.717, 1.165) is 27.5 Å². The molecule has 3 aliphatic rings. The van der Waals surface area contributed by atoms with Crippen LogP contribution in [0.4, 0.5) is 20.6 Å². The minimum Gasteiger partial charge on any atom is -0.367 e. The monoisotopic (exact) mass is 450 g/mol. The zero-order chi connectivity index (χ0) is 23.5. The number of carbonyl (C=O) groups is 4. The Labute approximate surface area is 189 Å². The number of rotatable bonds is 2. The quantitative estimate of drug-likeness (QED) is 0.711. The molecule has 3 heterocycles. The Kier molecular flexibility index (Phi) is 4.73. The third kappa shape index (κ3) is 3.02. The minimum absolute atomic E-state index is 0.142. The molecule has 170 valence electrons. The Bertz CT molecular complexity index is 1170. The summed E-state index contributed by atoms with van der Waals surface area (Å²) in [6, 6.07) is 9.70. The van der Waals surface area contributed by atoms with Crippen molar-refractivity contribution in [1.82, 2.24) is 9.80 Å². The number of barbiturate groups is 1. The summed E-state index contributed by atoms with van der Waals surface area (Å²) in [4.78, 5) is 56.0. The van der Waals surface area contributed by atoms with E-state index in [4.69, 9.17) is 0 Å². The average Bonchev–Trinajstić information content (AvgIpc) is 3.31. The van der Waals surface area contributed by atoms with Gasteiger partial charge in [-0.05, 0) is 67.3 Å². The van der Waals surface area contributed by atoms with Crippen molar-refractivity contribution in [3.63, 3.8) is 0 Å². The molecule has 3 aliphatic heterocycles. The number of urea groups is 1. The second-order valence-corrected chi connectivity index (χ2v) is 8.81. The molecule has 0 saturated carbocycles. The van der Waals surface area contributed by atoms with Crippen LogP contribution in [0.25, 0.3) is 0 Å². The van der Waals surface area contributed by atoms with Gasteiger partial charge in [0.15, 0.2) is 5.41 Å². The van der Waals surface area contributed by atoms with Gasteiger partial charge in [0.2, 0.25) is 11.8 Å². The first-order chi connectivity index (χ1) is 15.7. The fourth-order valence-electron chi connectivity index (χ4n) is 5.40. The van der Waals surface area contributed by atoms with E-state index >= 15 is 0 Å². The normalized spacial score (nSPS) is 21.4. The molecular weight excluding hydrogens is 427 g/mol. The third-order valence-electron chi connectivity index (χ3n) is 6.99. The molecule has 0 bridgehead atoms. The average molecular weight is 450 g/mol. The summed E-state index contributed by atoms with van der Waals surface area (Å²) in [6.45, 7) is 0.697. The Morgan fingerprint density at radius 3 is 2.36 bits per heavy atom. The number of nitrogens with one attached hydrogen (secondary N) is 1. The van der Waals surface area contributed by atoms with Crippen LogP contribution in [0.5, 0.6) is 0 Å². The van der Waals surface area contributed by atoms with Gasteiger partial charge in [0.1, 0.15) is 5.82 Å². The molecule has 9 heteroatoms. The lowest BCUT2D eigenvalue weighted by molar-refractivity contribution is -0.159. The van der Waals surface area contributed by atoms with Gasteiger partial charge in [0.05, 0.1) is 6.04 Å². The van der Waals surface area contributed by atoms with Crippen molar-refractivity contribution in [1.29, 1.82) is 0 Å². The van der Waals surface area contributed by atoms with Crippen LogP contribution in [-0.4, -0.2) is 60.2 Å². The summed E-state index contributed by atoms with van der Waals surface area (Å²) in [5.41, 5.74) is 1.10. The molecule has 2 fully saturated rings. The van der Waals surface area contributed by atoms with Crippen LogP contribution in [0.1, 0.15) is 28.8 Å². The first-order valence-corrected chi connectivity index (χ1v) is 10.8. The topological polar surface area (TPSA) is 90.0 Å². The summed E-state index contributed by atoms with van der Waals surface area (Å²) in [7, 11) is 2.81. The number of benzene rings is 2. The molecule has 2 saturated heterocycles. The van der Waals surface area contributed by atoms with Crippen molar-refractivity contribution >= 4 is 35.1 Å². The van der Waals surface area contributed by atoms with Gasteiger partial charge in [-0.1, -0.05) is 0 Å². The van der Waals surface area contributed by atoms with Crippen LogP contribution >= 0.6 is 0 Å². The third-order valence-corrected chi connectivity index (χ3v) is 6.99. The standard InChI is InChI=1S/C24H23FN4O4/c1-27-21(31)24(22(32)28(2)23(27)33)13-15-12-17(9-10-18(15)29-11-3-4-19(24)29)26-20(30)14-5-7-16(25)8-6-14/h5-10,12,19H,3-4,11,13H2,1-2H3,(H,26,30)/t19-/m1/s1. The van der Waals surface area contributed by atoms with Crippen LogP contribution in [0.3, 0.4) is 0 Å². The van der Waals surface area contributed by atoms with Gasteiger partial charge in [-0.25, -0.2) is 9.18 Å². The molecule has 0 aromatic heterocycles. The van der Waals surface area contributed by atoms with E-state index in [1.165, 1.54) is 38.4 Å². The second kappa shape index (κ2) is 7.40. The number of imide groups is 2. The van der Waals surface area contributed by atoms with E-state index in [2.05, 4.69) is 10.2 Å². The molecule has 0 unspecified atom stereocenters. The molecule has 5 rings (SSSR count). The predicted octanol–water partition coefficient (Wildman–Crippen LogP) is 2.64. The maximum Gasteiger partial charge on any atom is 0.332 e. The van der Waals surface area contributed by atoms with E-state index in [9.17, 15) is 23.6 Å². The van der Waals surface area contributed by atoms with Crippen LogP contribution in [-0.2, 0) is 16.0 Å². The highest BCUT2D eigenvalue weighted by atomic mass is 19.1. The number of anilines is 2. The summed E-state index contributed by atoms with van der Waals surface area (Å²) in [6.07, 6.45) is 1.65. The summed E-state index contributed by atoms with van der Waals surface area (Å²) in [5.74, 6) is -1.80. The Morgan fingerprint density at radius 1 is 1.03 bits per heavy atom. The van der Waals surface area contributed by atoms with Gasteiger partial charge in [0, 0.05) is 37.6 Å². The first-order valence-electron chi connectivity index (χ1n) is 10.8. The van der Waals surface area contributed by atoms with Gasteiger partial charge in [0.25, 0.3) is 5.91 Å². The second-order valence-electron chi connectivity index (χ2n) is 8.81. The van der Waals surface area contributed by atoms with Crippen molar-refractivity contribution in [3.05, 3.63) is 59.4 Å². The SMILES string of the molecule is CN1C(=O)N(C)C(=O)C2(Cc3cc(NC(=O)c4ccc(F)cc4)ccc3N3CCC[C@@H]32)C1=O. The summed E-state index contributed by atoms with van der Waals surface area (Å²) >= 11 is 0. The lowest BCUT2D eigenvalue weighted by Crippen LogP contribution is -2.70. The number of fused-ring (bicyclic) bond motifs is 4. The van der Waals surface area contributed by atoms with E-state index in [1.807, 2.05) is 6.07 Å². The van der Waals surface area contributed by atoms with Gasteiger partial charge in [-0.15, -0.1) is 0 Å². The van der Waals surface area contributed by atoms with Gasteiger partial charge < -0.3 is 10.2 Å². The van der Waals surface area contributed by atoms with Crippen LogP contribution in [0.2, 0.25) is 0 Å². The number of carbonyl (C=O) groups excluding carboxylic acids is 4. The predicted molar refractivity (Wildman–Crippen MR) is 118 cm³/mol. The Balaban J connectivity index is 1.52. The molecule has 33 heavy (non-hydrogen) atoms. The largest absolute Gasteiger partial charge is 0.367 e. The molecular formula is C24H23FN4O4. The van der Waals surface area contributed by atoms with Crippen molar-refractivity contribution in [2.45, 2.75) is 25.3 Å². The lowest BCUT2D eigenvalue weighted by atomic mass is 9.68. The first kappa shape index (κ1) is 21.1. The number of hydrogen-bond acceptors (Lipinski definition) is 5. The molecule has 0 aliphatic carbocycles. The molecule has 1 spiro atoms. The zero-order valence-corrected chi connectivity index (χ0v) is 18.3. The maximum absolute atomic E-state index is 13.4. The van der Waals surface area contributed by atoms with E-state index in [-0.39, 0.29) is 12.5 Å². The van der Waals surface area contributed by atoms with Gasteiger partial charge >= 0.3 is 6.03 Å². The molecule has 1 N–H and O–H groups in total. The van der Waals surface area contributed by atoms with Crippen LogP contribution in [0, 0.1) is 11.2 Å². The highest BCUT2D eigenvalue weighted by Crippen LogP contribution is 2.49. The van der Waals surface area contributed by atoms with Crippen LogP contribution < -0.4 is 10.2 Å². The summed E-state index contributed by atoms with van der Waals surface area (Å²) in [5, 5.41) is 2.80. The molecule has 2 aromatic rings. The van der Waals surface area contributed by atoms with Gasteiger partial charge in [-0.2, -0.15) is 0 Å². The molecule has 5 amide bonds. The van der Waals surface area contributed by atoms with E-state index < -0.39 is 35.0 Å². The highest BCUT2D eigenvalue weighted by Gasteiger charge is 2.63. The highest BCUT2D eigenvalue weighted by molar-refractivity contribution is 6.20. The number of amides is 5. The fraction of sp³-hybridized carbons (Fsp3) is 0.333. The molecule has 8 nitrogen and oxygen atoms in total.